The van der Waals surface area contributed by atoms with Crippen molar-refractivity contribution in [3.63, 3.8) is 0 Å². The number of benzene rings is 1. The largest absolute Gasteiger partial charge is 0.495 e. The molecule has 2 N–H and O–H groups in total. The highest BCUT2D eigenvalue weighted by molar-refractivity contribution is 9.10. The van der Waals surface area contributed by atoms with Gasteiger partial charge in [0.1, 0.15) is 5.75 Å². The Bertz CT molecular complexity index is 546. The summed E-state index contributed by atoms with van der Waals surface area (Å²) in [7, 11) is 1.70. The van der Waals surface area contributed by atoms with E-state index in [4.69, 9.17) is 4.74 Å². The lowest BCUT2D eigenvalue weighted by molar-refractivity contribution is 0.419. The highest BCUT2D eigenvalue weighted by Gasteiger charge is 2.21. The molecule has 0 bridgehead atoms. The van der Waals surface area contributed by atoms with Crippen LogP contribution in [0.1, 0.15) is 18.5 Å². The van der Waals surface area contributed by atoms with E-state index in [0.717, 1.165) is 28.3 Å². The predicted octanol–water partition coefficient (Wildman–Crippen LogP) is 3.19. The topological polar surface area (TPSA) is 37.0 Å². The number of aromatic amines is 1. The van der Waals surface area contributed by atoms with Crippen molar-refractivity contribution in [3.8, 4) is 5.75 Å². The quantitative estimate of drug-likeness (QED) is 0.909. The summed E-state index contributed by atoms with van der Waals surface area (Å²) in [6.07, 6.45) is 2.61. The van der Waals surface area contributed by atoms with E-state index in [0.29, 0.717) is 0 Å². The van der Waals surface area contributed by atoms with E-state index in [2.05, 4.69) is 32.3 Å². The lowest BCUT2D eigenvalue weighted by Crippen LogP contribution is -2.15. The summed E-state index contributed by atoms with van der Waals surface area (Å²) in [6, 6.07) is 6.80. The molecule has 0 saturated heterocycles. The second-order valence-corrected chi connectivity index (χ2v) is 5.25. The first-order valence-corrected chi connectivity index (χ1v) is 6.65. The van der Waals surface area contributed by atoms with Crippen LogP contribution in [0, 0.1) is 0 Å². The highest BCUT2D eigenvalue weighted by Crippen LogP contribution is 2.33. The van der Waals surface area contributed by atoms with Gasteiger partial charge in [-0.15, -0.1) is 0 Å². The van der Waals surface area contributed by atoms with Crippen LogP contribution in [0.15, 0.2) is 22.7 Å². The van der Waals surface area contributed by atoms with Crippen LogP contribution in [-0.4, -0.2) is 18.1 Å². The zero-order chi connectivity index (χ0) is 11.8. The zero-order valence-corrected chi connectivity index (χ0v) is 11.3. The van der Waals surface area contributed by atoms with Crippen molar-refractivity contribution in [1.29, 1.82) is 0 Å². The molecular weight excluding hydrogens is 280 g/mol. The molecule has 1 aliphatic rings. The Morgan fingerprint density at radius 3 is 3.00 bits per heavy atom. The Kier molecular flexibility index (Phi) is 2.84. The third-order valence-corrected chi connectivity index (χ3v) is 4.07. The van der Waals surface area contributed by atoms with Gasteiger partial charge in [0.2, 0.25) is 0 Å². The molecule has 1 aliphatic carbocycles. The van der Waals surface area contributed by atoms with Gasteiger partial charge in [-0.25, -0.2) is 0 Å². The SMILES string of the molecule is COc1cccc2c(Br)c(CNC3CC3)[nH]c12. The number of halogens is 1. The Hall–Kier alpha value is -1.00. The monoisotopic (exact) mass is 294 g/mol. The summed E-state index contributed by atoms with van der Waals surface area (Å²) in [6.45, 7) is 0.878. The van der Waals surface area contributed by atoms with Crippen molar-refractivity contribution in [2.75, 3.05) is 7.11 Å². The molecule has 1 fully saturated rings. The van der Waals surface area contributed by atoms with E-state index in [1.807, 2.05) is 12.1 Å². The number of hydrogen-bond acceptors (Lipinski definition) is 2. The average Bonchev–Trinajstić information content (AvgIpc) is 3.12. The molecule has 4 heteroatoms. The maximum Gasteiger partial charge on any atom is 0.142 e. The molecule has 3 rings (SSSR count). The van der Waals surface area contributed by atoms with Crippen LogP contribution in [-0.2, 0) is 6.54 Å². The van der Waals surface area contributed by atoms with Gasteiger partial charge in [-0.1, -0.05) is 12.1 Å². The second-order valence-electron chi connectivity index (χ2n) is 4.46. The third-order valence-electron chi connectivity index (χ3n) is 3.17. The summed E-state index contributed by atoms with van der Waals surface area (Å²) in [5.41, 5.74) is 2.26. The minimum atomic E-state index is 0.718. The minimum absolute atomic E-state index is 0.718. The lowest BCUT2D eigenvalue weighted by atomic mass is 10.2. The summed E-state index contributed by atoms with van der Waals surface area (Å²) in [4.78, 5) is 3.43. The fourth-order valence-electron chi connectivity index (χ4n) is 2.04. The molecule has 17 heavy (non-hydrogen) atoms. The number of nitrogens with one attached hydrogen (secondary N) is 2. The molecule has 2 aromatic rings. The van der Waals surface area contributed by atoms with E-state index in [1.54, 1.807) is 7.11 Å². The van der Waals surface area contributed by atoms with Gasteiger partial charge in [-0.05, 0) is 34.8 Å². The van der Waals surface area contributed by atoms with E-state index in [9.17, 15) is 0 Å². The average molecular weight is 295 g/mol. The fourth-order valence-corrected chi connectivity index (χ4v) is 2.61. The van der Waals surface area contributed by atoms with Crippen LogP contribution in [0.5, 0.6) is 5.75 Å². The standard InChI is InChI=1S/C13H15BrN2O/c1-17-11-4-2-3-9-12(14)10(16-13(9)11)7-15-8-5-6-8/h2-4,8,15-16H,5-7H2,1H3. The first kappa shape index (κ1) is 11.1. The van der Waals surface area contributed by atoms with Crippen LogP contribution in [0.4, 0.5) is 0 Å². The molecule has 3 nitrogen and oxygen atoms in total. The number of ether oxygens (including phenoxy) is 1. The first-order valence-electron chi connectivity index (χ1n) is 5.86. The van der Waals surface area contributed by atoms with Crippen LogP contribution in [0.2, 0.25) is 0 Å². The molecule has 1 saturated carbocycles. The van der Waals surface area contributed by atoms with Gasteiger partial charge >= 0.3 is 0 Å². The number of hydrogen-bond donors (Lipinski definition) is 2. The molecule has 0 amide bonds. The van der Waals surface area contributed by atoms with E-state index < -0.39 is 0 Å². The van der Waals surface area contributed by atoms with Crippen LogP contribution < -0.4 is 10.1 Å². The van der Waals surface area contributed by atoms with Crippen molar-refractivity contribution >= 4 is 26.8 Å². The molecule has 0 unspecified atom stereocenters. The number of rotatable bonds is 4. The summed E-state index contributed by atoms with van der Waals surface area (Å²) >= 11 is 3.66. The minimum Gasteiger partial charge on any atom is -0.495 e. The van der Waals surface area contributed by atoms with E-state index in [1.165, 1.54) is 23.9 Å². The molecule has 1 aromatic carbocycles. The molecule has 0 aliphatic heterocycles. The molecule has 90 valence electrons. The van der Waals surface area contributed by atoms with Gasteiger partial charge in [0.05, 0.1) is 12.6 Å². The van der Waals surface area contributed by atoms with Gasteiger partial charge in [0.25, 0.3) is 0 Å². The number of fused-ring (bicyclic) bond motifs is 1. The van der Waals surface area contributed by atoms with E-state index in [-0.39, 0.29) is 0 Å². The smallest absolute Gasteiger partial charge is 0.142 e. The normalized spacial score (nSPS) is 15.4. The van der Waals surface area contributed by atoms with Crippen molar-refractivity contribution in [1.82, 2.24) is 10.3 Å². The maximum absolute atomic E-state index is 5.36. The Morgan fingerprint density at radius 1 is 1.47 bits per heavy atom. The number of aromatic nitrogens is 1. The molecular formula is C13H15BrN2O. The van der Waals surface area contributed by atoms with Gasteiger partial charge in [-0.2, -0.15) is 0 Å². The number of methoxy groups -OCH3 is 1. The van der Waals surface area contributed by atoms with Crippen molar-refractivity contribution in [2.24, 2.45) is 0 Å². The fraction of sp³-hybridized carbons (Fsp3) is 0.385. The summed E-state index contributed by atoms with van der Waals surface area (Å²) in [5.74, 6) is 0.890. The van der Waals surface area contributed by atoms with Crippen LogP contribution in [0.25, 0.3) is 10.9 Å². The third kappa shape index (κ3) is 2.07. The van der Waals surface area contributed by atoms with Crippen molar-refractivity contribution in [2.45, 2.75) is 25.4 Å². The molecule has 0 atom stereocenters. The highest BCUT2D eigenvalue weighted by atomic mass is 79.9. The van der Waals surface area contributed by atoms with Gasteiger partial charge in [-0.3, -0.25) is 0 Å². The zero-order valence-electron chi connectivity index (χ0n) is 9.72. The Labute approximate surface area is 109 Å². The molecule has 0 radical (unpaired) electrons. The van der Waals surface area contributed by atoms with Crippen LogP contribution >= 0.6 is 15.9 Å². The summed E-state index contributed by atoms with van der Waals surface area (Å²) in [5, 5.41) is 4.69. The van der Waals surface area contributed by atoms with Crippen molar-refractivity contribution in [3.05, 3.63) is 28.4 Å². The molecule has 0 spiro atoms. The maximum atomic E-state index is 5.36. The van der Waals surface area contributed by atoms with Crippen molar-refractivity contribution < 1.29 is 4.74 Å². The van der Waals surface area contributed by atoms with Crippen LogP contribution in [0.3, 0.4) is 0 Å². The van der Waals surface area contributed by atoms with Gasteiger partial charge in [0.15, 0.2) is 0 Å². The number of H-pyrrole nitrogens is 1. The van der Waals surface area contributed by atoms with Gasteiger partial charge in [0, 0.05) is 28.1 Å². The summed E-state index contributed by atoms with van der Waals surface area (Å²) < 4.78 is 6.50. The Morgan fingerprint density at radius 2 is 2.29 bits per heavy atom. The van der Waals surface area contributed by atoms with E-state index >= 15 is 0 Å². The first-order chi connectivity index (χ1) is 8.29. The molecule has 1 heterocycles. The molecule has 1 aromatic heterocycles. The van der Waals surface area contributed by atoms with Gasteiger partial charge < -0.3 is 15.0 Å². The second kappa shape index (κ2) is 4.35. The Balaban J connectivity index is 1.97. The lowest BCUT2D eigenvalue weighted by Gasteiger charge is -2.00. The number of para-hydroxylation sites is 1. The predicted molar refractivity (Wildman–Crippen MR) is 72.4 cm³/mol.